The Kier molecular flexibility index (Phi) is 61.6. The molecule has 0 N–H and O–H groups in total. The zero-order valence-corrected chi connectivity index (χ0v) is 51.2. The van der Waals surface area contributed by atoms with Crippen LogP contribution < -0.4 is 0 Å². The Labute approximate surface area is 496 Å². The summed E-state index contributed by atoms with van der Waals surface area (Å²) in [5.41, 5.74) is 0. The molecule has 0 bridgehead atoms. The van der Waals surface area contributed by atoms with Crippen molar-refractivity contribution in [3.05, 3.63) is 207 Å². The van der Waals surface area contributed by atoms with Gasteiger partial charge in [0.05, 0.1) is 0 Å². The molecule has 0 aromatic carbocycles. The Morgan fingerprint density at radius 2 is 0.444 bits per heavy atom. The highest BCUT2D eigenvalue weighted by molar-refractivity contribution is 5.71. The van der Waals surface area contributed by atoms with E-state index in [1.54, 1.807) is 0 Å². The third kappa shape index (κ3) is 64.7. The second-order valence-electron chi connectivity index (χ2n) is 19.8. The molecule has 6 heteroatoms. The van der Waals surface area contributed by atoms with Gasteiger partial charge in [0.15, 0.2) is 6.10 Å². The van der Waals surface area contributed by atoms with E-state index in [0.29, 0.717) is 12.8 Å². The van der Waals surface area contributed by atoms with Crippen LogP contribution in [0.25, 0.3) is 0 Å². The molecular formula is C75H112O6. The molecule has 1 unspecified atom stereocenters. The molecule has 0 aromatic heterocycles. The van der Waals surface area contributed by atoms with Crippen molar-refractivity contribution in [2.75, 3.05) is 13.2 Å². The lowest BCUT2D eigenvalue weighted by molar-refractivity contribution is -0.167. The molecule has 0 aliphatic heterocycles. The van der Waals surface area contributed by atoms with E-state index < -0.39 is 6.10 Å². The van der Waals surface area contributed by atoms with Crippen LogP contribution in [0.1, 0.15) is 226 Å². The molecule has 6 nitrogen and oxygen atoms in total. The minimum absolute atomic E-state index is 0.129. The average molecular weight is 1110 g/mol. The van der Waals surface area contributed by atoms with Gasteiger partial charge in [0, 0.05) is 19.3 Å². The summed E-state index contributed by atoms with van der Waals surface area (Å²) in [4.78, 5) is 38.2. The van der Waals surface area contributed by atoms with Crippen molar-refractivity contribution in [3.8, 4) is 0 Å². The van der Waals surface area contributed by atoms with Crippen molar-refractivity contribution in [1.82, 2.24) is 0 Å². The third-order valence-corrected chi connectivity index (χ3v) is 12.3. The fourth-order valence-electron chi connectivity index (χ4n) is 7.65. The Bertz CT molecular complexity index is 2000. The van der Waals surface area contributed by atoms with Crippen molar-refractivity contribution in [2.24, 2.45) is 0 Å². The van der Waals surface area contributed by atoms with E-state index in [4.69, 9.17) is 14.2 Å². The van der Waals surface area contributed by atoms with E-state index in [-0.39, 0.29) is 44.0 Å². The van der Waals surface area contributed by atoms with E-state index in [1.165, 1.54) is 0 Å². The summed E-state index contributed by atoms with van der Waals surface area (Å²) >= 11 is 0. The first-order valence-electron chi connectivity index (χ1n) is 31.6. The summed E-state index contributed by atoms with van der Waals surface area (Å²) in [5.74, 6) is -1.04. The second-order valence-corrected chi connectivity index (χ2v) is 19.8. The molecule has 0 aromatic rings. The van der Waals surface area contributed by atoms with Gasteiger partial charge in [-0.05, 0) is 167 Å². The van der Waals surface area contributed by atoms with Crippen LogP contribution in [0, 0.1) is 0 Å². The van der Waals surface area contributed by atoms with E-state index in [9.17, 15) is 14.4 Å². The monoisotopic (exact) mass is 1110 g/mol. The summed E-state index contributed by atoms with van der Waals surface area (Å²) in [7, 11) is 0. The van der Waals surface area contributed by atoms with Gasteiger partial charge in [-0.25, -0.2) is 0 Å². The average Bonchev–Trinajstić information content (AvgIpc) is 3.46. The van der Waals surface area contributed by atoms with E-state index in [2.05, 4.69) is 227 Å². The number of hydrogen-bond donors (Lipinski definition) is 0. The van der Waals surface area contributed by atoms with E-state index >= 15 is 0 Å². The van der Waals surface area contributed by atoms with Crippen molar-refractivity contribution < 1.29 is 28.6 Å². The quantitative estimate of drug-likeness (QED) is 0.0261. The largest absolute Gasteiger partial charge is 0.462 e. The van der Waals surface area contributed by atoms with Crippen molar-refractivity contribution in [2.45, 2.75) is 232 Å². The highest BCUT2D eigenvalue weighted by Crippen LogP contribution is 2.12. The molecule has 0 saturated heterocycles. The molecule has 0 amide bonds. The predicted octanol–water partition coefficient (Wildman–Crippen LogP) is 22.0. The summed E-state index contributed by atoms with van der Waals surface area (Å²) in [6.07, 6.45) is 103. The van der Waals surface area contributed by atoms with Crippen LogP contribution in [0.5, 0.6) is 0 Å². The highest BCUT2D eigenvalue weighted by Gasteiger charge is 2.19. The van der Waals surface area contributed by atoms with Crippen LogP contribution in [-0.4, -0.2) is 37.2 Å². The maximum atomic E-state index is 12.9. The summed E-state index contributed by atoms with van der Waals surface area (Å²) in [6.45, 7) is 6.19. The normalized spacial score (nSPS) is 13.6. The van der Waals surface area contributed by atoms with Crippen LogP contribution in [0.4, 0.5) is 0 Å². The number of esters is 3. The Morgan fingerprint density at radius 3 is 0.716 bits per heavy atom. The summed E-state index contributed by atoms with van der Waals surface area (Å²) in [5, 5.41) is 0. The van der Waals surface area contributed by atoms with E-state index in [0.717, 1.165) is 180 Å². The molecule has 448 valence electrons. The molecule has 0 radical (unpaired) electrons. The smallest absolute Gasteiger partial charge is 0.306 e. The number of carbonyl (C=O) groups excluding carboxylic acids is 3. The lowest BCUT2D eigenvalue weighted by Gasteiger charge is -2.18. The molecule has 0 saturated carbocycles. The maximum absolute atomic E-state index is 12.9. The van der Waals surface area contributed by atoms with Crippen molar-refractivity contribution in [1.29, 1.82) is 0 Å². The Hall–Kier alpha value is -6.01. The van der Waals surface area contributed by atoms with Gasteiger partial charge in [0.2, 0.25) is 0 Å². The minimum Gasteiger partial charge on any atom is -0.462 e. The van der Waals surface area contributed by atoms with Crippen LogP contribution in [0.15, 0.2) is 207 Å². The number of allylic oxidation sites excluding steroid dienone is 34. The molecule has 81 heavy (non-hydrogen) atoms. The SMILES string of the molecule is CC/C=C\C/C=C\C/C=C\C/C=C\C/C=C\C/C=C\C/C=C\C/C=C\C/C=C\C/C=C\CCCCC(=O)OCC(COC(=O)CCCCC/C=C\C/C=C\C/C=C\CC)OC(=O)CCCCCC/C=C\C/C=C\C/C=C\C/C=C\CC. The first-order valence-corrected chi connectivity index (χ1v) is 31.6. The third-order valence-electron chi connectivity index (χ3n) is 12.3. The standard InChI is InChI=1S/C75H112O6/c1-4-7-10-13-16-19-22-25-27-29-30-31-32-33-34-35-36-37-38-39-40-41-42-43-44-46-47-50-53-56-59-62-65-68-74(77)80-71-72(70-79-73(76)67-64-61-58-55-52-49-24-21-18-15-12-9-6-3)81-75(78)69-66-63-60-57-54-51-48-45-28-26-23-20-17-14-11-8-5-2/h7-12,16-21,25-28,30-31,33-34,36-37,39-40,42-43,46-49,51-53,56,72H,4-6,13-15,22-24,29,32,35,38,41,44-45,50,54-55,57-71H2,1-3H3/b10-7-,11-8-,12-9-,19-16-,20-17-,21-18-,27-25-,28-26-,31-30-,34-33-,37-36-,40-39-,43-42-,47-46-,51-48-,52-49-,56-53-. The van der Waals surface area contributed by atoms with Crippen molar-refractivity contribution in [3.63, 3.8) is 0 Å². The fourth-order valence-corrected chi connectivity index (χ4v) is 7.65. The molecule has 0 heterocycles. The Morgan fingerprint density at radius 1 is 0.247 bits per heavy atom. The van der Waals surface area contributed by atoms with Gasteiger partial charge in [-0.2, -0.15) is 0 Å². The molecule has 0 spiro atoms. The van der Waals surface area contributed by atoms with Gasteiger partial charge < -0.3 is 14.2 Å². The first-order chi connectivity index (χ1) is 40.0. The fraction of sp³-hybridized carbons (Fsp3) is 0.507. The molecular weight excluding hydrogens is 997 g/mol. The predicted molar refractivity (Wildman–Crippen MR) is 352 cm³/mol. The number of ether oxygens (including phenoxy) is 3. The lowest BCUT2D eigenvalue weighted by Crippen LogP contribution is -2.30. The van der Waals surface area contributed by atoms with Crippen molar-refractivity contribution >= 4 is 17.9 Å². The van der Waals surface area contributed by atoms with Gasteiger partial charge in [-0.15, -0.1) is 0 Å². The number of carbonyl (C=O) groups is 3. The molecule has 0 aliphatic rings. The Balaban J connectivity index is 4.47. The maximum Gasteiger partial charge on any atom is 0.306 e. The highest BCUT2D eigenvalue weighted by atomic mass is 16.6. The van der Waals surface area contributed by atoms with Gasteiger partial charge in [-0.3, -0.25) is 14.4 Å². The first kappa shape index (κ1) is 75.0. The molecule has 1 atom stereocenters. The minimum atomic E-state index is -0.835. The van der Waals surface area contributed by atoms with Crippen LogP contribution >= 0.6 is 0 Å². The number of rotatable bonds is 54. The summed E-state index contributed by atoms with van der Waals surface area (Å²) < 4.78 is 16.8. The number of hydrogen-bond acceptors (Lipinski definition) is 6. The zero-order chi connectivity index (χ0) is 58.5. The molecule has 0 fully saturated rings. The van der Waals surface area contributed by atoms with E-state index in [1.807, 2.05) is 0 Å². The number of unbranched alkanes of at least 4 members (excludes halogenated alkanes) is 9. The molecule has 0 aliphatic carbocycles. The molecule has 0 rings (SSSR count). The van der Waals surface area contributed by atoms with Gasteiger partial charge in [0.1, 0.15) is 13.2 Å². The van der Waals surface area contributed by atoms with Gasteiger partial charge >= 0.3 is 17.9 Å². The van der Waals surface area contributed by atoms with Gasteiger partial charge in [0.25, 0.3) is 0 Å². The van der Waals surface area contributed by atoms with Gasteiger partial charge in [-0.1, -0.05) is 247 Å². The zero-order valence-electron chi connectivity index (χ0n) is 51.2. The second kappa shape index (κ2) is 66.5. The lowest BCUT2D eigenvalue weighted by atomic mass is 10.1. The van der Waals surface area contributed by atoms with Crippen LogP contribution in [0.2, 0.25) is 0 Å². The van der Waals surface area contributed by atoms with Crippen LogP contribution in [-0.2, 0) is 28.6 Å². The summed E-state index contributed by atoms with van der Waals surface area (Å²) in [6, 6.07) is 0. The van der Waals surface area contributed by atoms with Crippen LogP contribution in [0.3, 0.4) is 0 Å². The topological polar surface area (TPSA) is 78.9 Å².